The predicted molar refractivity (Wildman–Crippen MR) is 88.5 cm³/mol. The Bertz CT molecular complexity index is 717. The summed E-state index contributed by atoms with van der Waals surface area (Å²) in [6, 6.07) is 8.05. The van der Waals surface area contributed by atoms with E-state index in [2.05, 4.69) is 15.9 Å². The van der Waals surface area contributed by atoms with Crippen molar-refractivity contribution < 1.29 is 9.59 Å². The van der Waals surface area contributed by atoms with Crippen LogP contribution in [-0.4, -0.2) is 52.4 Å². The highest BCUT2D eigenvalue weighted by Crippen LogP contribution is 2.21. The van der Waals surface area contributed by atoms with E-state index < -0.39 is 0 Å². The van der Waals surface area contributed by atoms with E-state index in [1.807, 2.05) is 39.9 Å². The minimum Gasteiger partial charge on any atom is -0.339 e. The van der Waals surface area contributed by atoms with Gasteiger partial charge in [-0.3, -0.25) is 9.59 Å². The molecule has 0 aliphatic carbocycles. The van der Waals surface area contributed by atoms with Crippen molar-refractivity contribution in [3.63, 3.8) is 0 Å². The van der Waals surface area contributed by atoms with Crippen LogP contribution in [0.5, 0.6) is 0 Å². The van der Waals surface area contributed by atoms with Gasteiger partial charge in [0, 0.05) is 54.7 Å². The van der Waals surface area contributed by atoms with Crippen LogP contribution in [0.1, 0.15) is 6.92 Å². The van der Waals surface area contributed by atoms with E-state index in [1.54, 1.807) is 11.8 Å². The third kappa shape index (κ3) is 3.02. The first-order valence-corrected chi connectivity index (χ1v) is 8.11. The van der Waals surface area contributed by atoms with Crippen LogP contribution in [0, 0.1) is 0 Å². The molecule has 1 aromatic carbocycles. The number of hydrogen-bond donors (Lipinski definition) is 0. The highest BCUT2D eigenvalue weighted by molar-refractivity contribution is 9.10. The highest BCUT2D eigenvalue weighted by atomic mass is 79.9. The molecule has 0 atom stereocenters. The number of carbonyl (C=O) groups is 2. The molecule has 0 bridgehead atoms. The molecule has 0 saturated carbocycles. The van der Waals surface area contributed by atoms with Gasteiger partial charge in [0.15, 0.2) is 0 Å². The summed E-state index contributed by atoms with van der Waals surface area (Å²) in [6.07, 6.45) is 1.95. The first kappa shape index (κ1) is 15.1. The topological polar surface area (TPSA) is 45.6 Å². The normalized spacial score (nSPS) is 15.4. The summed E-state index contributed by atoms with van der Waals surface area (Å²) >= 11 is 3.46. The van der Waals surface area contributed by atoms with Crippen molar-refractivity contribution >= 4 is 38.6 Å². The summed E-state index contributed by atoms with van der Waals surface area (Å²) in [5.74, 6) is 0.178. The second-order valence-corrected chi connectivity index (χ2v) is 6.45. The molecular weight excluding hydrogens is 346 g/mol. The molecule has 0 spiro atoms. The van der Waals surface area contributed by atoms with Crippen LogP contribution >= 0.6 is 15.9 Å². The van der Waals surface area contributed by atoms with Crippen LogP contribution in [0.2, 0.25) is 0 Å². The van der Waals surface area contributed by atoms with Gasteiger partial charge in [-0.25, -0.2) is 0 Å². The van der Waals surface area contributed by atoms with Gasteiger partial charge in [-0.05, 0) is 24.3 Å². The predicted octanol–water partition coefficient (Wildman–Crippen LogP) is 2.09. The molecule has 2 aromatic rings. The second-order valence-electron chi connectivity index (χ2n) is 5.53. The molecule has 1 saturated heterocycles. The van der Waals surface area contributed by atoms with Gasteiger partial charge >= 0.3 is 0 Å². The zero-order valence-corrected chi connectivity index (χ0v) is 14.0. The Balaban J connectivity index is 1.68. The molecule has 0 radical (unpaired) electrons. The van der Waals surface area contributed by atoms with Crippen molar-refractivity contribution in [2.75, 3.05) is 26.2 Å². The first-order chi connectivity index (χ1) is 10.5. The van der Waals surface area contributed by atoms with Gasteiger partial charge in [-0.2, -0.15) is 0 Å². The second kappa shape index (κ2) is 6.12. The van der Waals surface area contributed by atoms with Gasteiger partial charge < -0.3 is 14.4 Å². The molecule has 116 valence electrons. The van der Waals surface area contributed by atoms with Gasteiger partial charge in [0.1, 0.15) is 6.54 Å². The molecule has 1 aliphatic rings. The summed E-state index contributed by atoms with van der Waals surface area (Å²) < 4.78 is 3.01. The molecule has 6 heteroatoms. The van der Waals surface area contributed by atoms with Gasteiger partial charge in [0.25, 0.3) is 0 Å². The maximum absolute atomic E-state index is 12.4. The van der Waals surface area contributed by atoms with Crippen molar-refractivity contribution in [2.24, 2.45) is 0 Å². The minimum atomic E-state index is 0.0779. The molecule has 3 rings (SSSR count). The third-order valence-corrected chi connectivity index (χ3v) is 4.61. The molecule has 2 amide bonds. The number of hydrogen-bond acceptors (Lipinski definition) is 2. The van der Waals surface area contributed by atoms with E-state index in [9.17, 15) is 9.59 Å². The molecule has 2 heterocycles. The molecule has 1 fully saturated rings. The van der Waals surface area contributed by atoms with E-state index in [0.717, 1.165) is 15.4 Å². The highest BCUT2D eigenvalue weighted by Gasteiger charge is 2.22. The number of rotatable bonds is 2. The number of carbonyl (C=O) groups excluding carboxylic acids is 2. The average Bonchev–Trinajstić information content (AvgIpc) is 2.89. The summed E-state index contributed by atoms with van der Waals surface area (Å²) in [6.45, 7) is 4.39. The van der Waals surface area contributed by atoms with Crippen LogP contribution in [0.25, 0.3) is 10.9 Å². The largest absolute Gasteiger partial charge is 0.339 e. The Labute approximate surface area is 137 Å². The average molecular weight is 364 g/mol. The van der Waals surface area contributed by atoms with Crippen LogP contribution in [0.15, 0.2) is 34.9 Å². The number of nitrogens with zero attached hydrogens (tertiary/aromatic N) is 3. The van der Waals surface area contributed by atoms with Crippen molar-refractivity contribution in [3.8, 4) is 0 Å². The van der Waals surface area contributed by atoms with E-state index in [-0.39, 0.29) is 11.8 Å². The van der Waals surface area contributed by atoms with E-state index in [4.69, 9.17) is 0 Å². The Morgan fingerprint density at radius 3 is 2.45 bits per heavy atom. The van der Waals surface area contributed by atoms with Crippen LogP contribution < -0.4 is 0 Å². The minimum absolute atomic E-state index is 0.0779. The summed E-state index contributed by atoms with van der Waals surface area (Å²) in [4.78, 5) is 27.4. The lowest BCUT2D eigenvalue weighted by molar-refractivity contribution is -0.138. The van der Waals surface area contributed by atoms with Crippen molar-refractivity contribution in [1.82, 2.24) is 14.4 Å². The van der Waals surface area contributed by atoms with E-state index in [0.29, 0.717) is 32.7 Å². The molecule has 0 N–H and O–H groups in total. The summed E-state index contributed by atoms with van der Waals surface area (Å²) in [5, 5.41) is 1.11. The lowest BCUT2D eigenvalue weighted by Crippen LogP contribution is -2.50. The summed E-state index contributed by atoms with van der Waals surface area (Å²) in [7, 11) is 0. The van der Waals surface area contributed by atoms with Crippen molar-refractivity contribution in [2.45, 2.75) is 13.5 Å². The van der Waals surface area contributed by atoms with Gasteiger partial charge in [-0.15, -0.1) is 0 Å². The Kier molecular flexibility index (Phi) is 4.20. The summed E-state index contributed by atoms with van der Waals surface area (Å²) in [5.41, 5.74) is 1.05. The molecule has 22 heavy (non-hydrogen) atoms. The molecule has 0 unspecified atom stereocenters. The number of fused-ring (bicyclic) bond motifs is 1. The standard InChI is InChI=1S/C16H18BrN3O2/c1-12(21)18-6-8-19(9-7-18)16(22)11-20-5-4-13-10-14(17)2-3-15(13)20/h2-5,10H,6-9,11H2,1H3. The zero-order valence-electron chi connectivity index (χ0n) is 12.5. The SMILES string of the molecule is CC(=O)N1CCN(C(=O)Cn2ccc3cc(Br)ccc32)CC1. The smallest absolute Gasteiger partial charge is 0.242 e. The number of piperazine rings is 1. The lowest BCUT2D eigenvalue weighted by atomic mass is 10.2. The number of benzene rings is 1. The van der Waals surface area contributed by atoms with Gasteiger partial charge in [0.2, 0.25) is 11.8 Å². The number of halogens is 1. The molecule has 1 aliphatic heterocycles. The van der Waals surface area contributed by atoms with Crippen molar-refractivity contribution in [3.05, 3.63) is 34.9 Å². The fourth-order valence-electron chi connectivity index (χ4n) is 2.83. The molecule has 5 nitrogen and oxygen atoms in total. The van der Waals surface area contributed by atoms with Crippen LogP contribution in [0.3, 0.4) is 0 Å². The number of aromatic nitrogens is 1. The molecule has 1 aromatic heterocycles. The monoisotopic (exact) mass is 363 g/mol. The van der Waals surface area contributed by atoms with E-state index in [1.165, 1.54) is 0 Å². The van der Waals surface area contributed by atoms with E-state index >= 15 is 0 Å². The van der Waals surface area contributed by atoms with Gasteiger partial charge in [-0.1, -0.05) is 15.9 Å². The molecular formula is C16H18BrN3O2. The zero-order chi connectivity index (χ0) is 15.7. The van der Waals surface area contributed by atoms with Crippen molar-refractivity contribution in [1.29, 1.82) is 0 Å². The first-order valence-electron chi connectivity index (χ1n) is 7.32. The Hall–Kier alpha value is -1.82. The third-order valence-electron chi connectivity index (χ3n) is 4.12. The lowest BCUT2D eigenvalue weighted by Gasteiger charge is -2.34. The van der Waals surface area contributed by atoms with Crippen LogP contribution in [0.4, 0.5) is 0 Å². The Morgan fingerprint density at radius 2 is 1.77 bits per heavy atom. The fraction of sp³-hybridized carbons (Fsp3) is 0.375. The number of amides is 2. The fourth-order valence-corrected chi connectivity index (χ4v) is 3.20. The Morgan fingerprint density at radius 1 is 1.09 bits per heavy atom. The van der Waals surface area contributed by atoms with Crippen LogP contribution in [-0.2, 0) is 16.1 Å². The maximum atomic E-state index is 12.4. The van der Waals surface area contributed by atoms with Gasteiger partial charge in [0.05, 0.1) is 0 Å². The quantitative estimate of drug-likeness (QED) is 0.819. The maximum Gasteiger partial charge on any atom is 0.242 e.